The van der Waals surface area contributed by atoms with Gasteiger partial charge in [0.05, 0.1) is 91.7 Å². The Balaban J connectivity index is 0.000000242. The summed E-state index contributed by atoms with van der Waals surface area (Å²) in [7, 11) is 2.75. The van der Waals surface area contributed by atoms with Gasteiger partial charge in [-0.25, -0.2) is 14.4 Å². The normalized spacial score (nSPS) is 24.4. The summed E-state index contributed by atoms with van der Waals surface area (Å²) >= 11 is 9.39. The molecule has 27 nitrogen and oxygen atoms in total. The fourth-order valence-electron chi connectivity index (χ4n) is 17.2. The van der Waals surface area contributed by atoms with Gasteiger partial charge in [-0.2, -0.15) is 0 Å². The van der Waals surface area contributed by atoms with Crippen LogP contribution >= 0.6 is 45.6 Å². The number of carbonyl (C=O) groups is 12. The van der Waals surface area contributed by atoms with E-state index in [1.165, 1.54) is 69.0 Å². The van der Waals surface area contributed by atoms with E-state index >= 15 is 0 Å². The number of carbonyl (C=O) groups excluding carboxylic acids is 9. The van der Waals surface area contributed by atoms with Crippen LogP contribution in [0, 0.1) is 65.1 Å². The van der Waals surface area contributed by atoms with Crippen molar-refractivity contribution in [2.75, 3.05) is 35.9 Å². The maximum atomic E-state index is 13.8. The Hall–Kier alpha value is -9.43. The topological polar surface area (TPSA) is 400 Å². The number of hydrogen-bond acceptors (Lipinski definition) is 25. The average Bonchev–Trinajstić information content (AvgIpc) is 1.56. The van der Waals surface area contributed by atoms with E-state index in [1.54, 1.807) is 22.8 Å². The summed E-state index contributed by atoms with van der Waals surface area (Å²) in [6.45, 7) is 28.3. The summed E-state index contributed by atoms with van der Waals surface area (Å²) in [5.41, 5.74) is 4.79. The lowest BCUT2D eigenvalue weighted by atomic mass is 9.79. The molecule has 3 aromatic heterocycles. The molecular formula is C99H136ClN3O24S3. The zero-order valence-electron chi connectivity index (χ0n) is 78.1. The monoisotopic (exact) mass is 1880 g/mol. The molecule has 17 unspecified atom stereocenters. The third-order valence-corrected chi connectivity index (χ3v) is 27.6. The van der Waals surface area contributed by atoms with Crippen molar-refractivity contribution in [3.63, 3.8) is 0 Å². The van der Waals surface area contributed by atoms with Crippen LogP contribution in [0.1, 0.15) is 255 Å². The minimum absolute atomic E-state index is 0.124. The van der Waals surface area contributed by atoms with Crippen LogP contribution in [0.4, 0.5) is 17.1 Å². The number of methoxy groups -OCH3 is 2. The minimum Gasteiger partial charge on any atom is -0.481 e. The Morgan fingerprint density at radius 1 is 0.423 bits per heavy atom. The van der Waals surface area contributed by atoms with Crippen LogP contribution in [0.5, 0.6) is 0 Å². The lowest BCUT2D eigenvalue weighted by Crippen LogP contribution is -2.48. The minimum atomic E-state index is -1.04. The largest absolute Gasteiger partial charge is 0.481 e. The molecule has 0 spiro atoms. The number of hydrogen-bond donors (Lipinski definition) is 7. The SMILES string of the molecule is CC(=O)OC1CC(C)CCC1C(=O)Cl.CC(=O)OC1CC(C)CCC1C(=O)O.CC1CCC(C(=O)N(c2cc(-c3ccccc3)sc2C(=O)O)C(C)C)C(O)C1.CC1CCC(C(=O)O)C(O)C1.CCOC(=O)C1CCCCC1O.COC(=O)c1sc(-c2ccccc2)cc1N(C(=O)C1CCC(C)CC1OC(C)=O)C(C)C.COC(=O)c1sc(-c2ccccc2)cc1NC(C)C. The van der Waals surface area contributed by atoms with Crippen molar-refractivity contribution in [3.05, 3.63) is 124 Å². The molecule has 12 rings (SSSR count). The number of aliphatic carboxylic acids is 2. The Morgan fingerprint density at radius 3 is 1.15 bits per heavy atom. The van der Waals surface area contributed by atoms with E-state index in [0.717, 1.165) is 108 Å². The van der Waals surface area contributed by atoms with Gasteiger partial charge in [-0.15, -0.1) is 34.0 Å². The Labute approximate surface area is 782 Å². The number of aromatic carboxylic acids is 1. The van der Waals surface area contributed by atoms with Gasteiger partial charge >= 0.3 is 53.7 Å². The van der Waals surface area contributed by atoms with Gasteiger partial charge < -0.3 is 74.2 Å². The molecule has 0 aliphatic heterocycles. The average molecular weight is 1880 g/mol. The number of carboxylic acids is 3. The van der Waals surface area contributed by atoms with E-state index in [2.05, 4.69) is 33.0 Å². The van der Waals surface area contributed by atoms with Crippen LogP contribution in [-0.4, -0.2) is 177 Å². The number of amides is 2. The number of nitrogens with one attached hydrogen (secondary N) is 1. The number of nitrogens with zero attached hydrogens (tertiary/aromatic N) is 2. The lowest BCUT2D eigenvalue weighted by Gasteiger charge is -2.37. The third-order valence-electron chi connectivity index (χ3n) is 23.9. The molecule has 3 aromatic carbocycles. The molecule has 2 amide bonds. The van der Waals surface area contributed by atoms with Crippen molar-refractivity contribution < 1.29 is 117 Å². The quantitative estimate of drug-likeness (QED) is 0.0188. The summed E-state index contributed by atoms with van der Waals surface area (Å²) in [6.07, 6.45) is 11.7. The van der Waals surface area contributed by atoms with Gasteiger partial charge in [0.1, 0.15) is 32.9 Å². The molecule has 7 N–H and O–H groups in total. The molecule has 6 aromatic rings. The molecule has 6 aliphatic rings. The molecule has 17 atom stereocenters. The van der Waals surface area contributed by atoms with E-state index in [0.29, 0.717) is 109 Å². The number of aliphatic hydroxyl groups excluding tert-OH is 3. The number of rotatable bonds is 22. The van der Waals surface area contributed by atoms with Crippen LogP contribution in [-0.2, 0) is 71.6 Å². The van der Waals surface area contributed by atoms with Gasteiger partial charge in [-0.1, -0.05) is 138 Å². The molecule has 3 heterocycles. The van der Waals surface area contributed by atoms with E-state index in [9.17, 15) is 78.0 Å². The number of carboxylic acid groups (broad SMARTS) is 3. The number of esters is 6. The van der Waals surface area contributed by atoms with Gasteiger partial charge in [-0.05, 0) is 234 Å². The van der Waals surface area contributed by atoms with Crippen molar-refractivity contribution >= 4 is 133 Å². The van der Waals surface area contributed by atoms with Gasteiger partial charge in [0, 0.05) is 53.5 Å². The maximum absolute atomic E-state index is 13.8. The summed E-state index contributed by atoms with van der Waals surface area (Å²) in [6, 6.07) is 34.9. The number of ether oxygens (including phenoxy) is 6. The molecule has 6 saturated carbocycles. The summed E-state index contributed by atoms with van der Waals surface area (Å²) < 4.78 is 30.4. The molecule has 0 saturated heterocycles. The van der Waals surface area contributed by atoms with Crippen LogP contribution in [0.15, 0.2) is 109 Å². The second kappa shape index (κ2) is 53.9. The molecular weight excluding hydrogens is 1750 g/mol. The molecule has 6 aliphatic carbocycles. The van der Waals surface area contributed by atoms with E-state index in [1.807, 2.05) is 152 Å². The Bertz CT molecular complexity index is 4600. The van der Waals surface area contributed by atoms with Gasteiger partial charge in [0.25, 0.3) is 0 Å². The third kappa shape index (κ3) is 33.4. The second-order valence-corrected chi connectivity index (χ2v) is 39.2. The van der Waals surface area contributed by atoms with Gasteiger partial charge in [0.15, 0.2) is 0 Å². The van der Waals surface area contributed by atoms with Gasteiger partial charge in [-0.3, -0.25) is 43.2 Å². The number of anilines is 3. The zero-order valence-corrected chi connectivity index (χ0v) is 81.3. The first kappa shape index (κ1) is 109. The van der Waals surface area contributed by atoms with E-state index in [4.69, 9.17) is 50.2 Å². The van der Waals surface area contributed by atoms with Crippen LogP contribution < -0.4 is 15.1 Å². The first-order valence-electron chi connectivity index (χ1n) is 45.3. The van der Waals surface area contributed by atoms with Crippen molar-refractivity contribution in [3.8, 4) is 31.3 Å². The number of thiophene rings is 3. The van der Waals surface area contributed by atoms with Crippen LogP contribution in [0.3, 0.4) is 0 Å². The Kier molecular flexibility index (Phi) is 45.3. The van der Waals surface area contributed by atoms with Crippen LogP contribution in [0.25, 0.3) is 31.3 Å². The van der Waals surface area contributed by atoms with E-state index in [-0.39, 0.29) is 81.9 Å². The van der Waals surface area contributed by atoms with Crippen molar-refractivity contribution in [1.29, 1.82) is 0 Å². The summed E-state index contributed by atoms with van der Waals surface area (Å²) in [5.74, 6) is -5.54. The molecule has 0 radical (unpaired) electrons. The second-order valence-electron chi connectivity index (χ2n) is 35.7. The van der Waals surface area contributed by atoms with Crippen LogP contribution in [0.2, 0.25) is 0 Å². The maximum Gasteiger partial charge on any atom is 0.350 e. The molecule has 130 heavy (non-hydrogen) atoms. The van der Waals surface area contributed by atoms with Crippen molar-refractivity contribution in [2.24, 2.45) is 65.1 Å². The first-order chi connectivity index (χ1) is 61.5. The molecule has 6 fully saturated rings. The molecule has 0 bridgehead atoms. The fourth-order valence-corrected chi connectivity index (χ4v) is 20.6. The zero-order chi connectivity index (χ0) is 96.5. The lowest BCUT2D eigenvalue weighted by molar-refractivity contribution is -0.161. The highest BCUT2D eigenvalue weighted by Crippen LogP contribution is 2.45. The summed E-state index contributed by atoms with van der Waals surface area (Å²) in [5, 5.41) is 59.5. The fraction of sp³-hybridized carbons (Fsp3) is 0.576. The predicted octanol–water partition coefficient (Wildman–Crippen LogP) is 19.5. The van der Waals surface area contributed by atoms with E-state index < -0.39 is 84.0 Å². The molecule has 716 valence electrons. The van der Waals surface area contributed by atoms with Gasteiger partial charge in [0.2, 0.25) is 17.1 Å². The molecule has 31 heteroatoms. The predicted molar refractivity (Wildman–Crippen MR) is 505 cm³/mol. The summed E-state index contributed by atoms with van der Waals surface area (Å²) in [4.78, 5) is 148. The highest BCUT2D eigenvalue weighted by atomic mass is 35.5. The Morgan fingerprint density at radius 2 is 0.769 bits per heavy atom. The standard InChI is InChI=1S/C25H31NO5S.C22H27NO4S.C15H17NO2S.C10H15ClO3.C10H16O4.C9H16O3.C8H14O3/c1-15(2)26(24(28)19-12-11-16(3)13-21(19)31-17(4)27)20-14-22(18-9-7-6-8-10-18)32-23(20)25(29)30-5;1-13(2)23(21(25)16-10-9-14(3)11-18(16)24)17-12-19(28-20(17)22(26)27)15-7-5-4-6-8-15;1-10(2)16-12-9-13(11-7-5-4-6-8-11)19-14(12)15(17)18-3;1-6-3-4-8(10(11)13)9(5-6)14-7(2)12;1-6-3-4-8(10(12)13)9(5-6)14-7(2)11;1-2-12-9(11)7-5-3-4-6-8(7)10;1-5-2-3-6(8(10)11)7(9)4-5/h6-10,14-16,19,21H,11-13H2,1-5H3;4-8,12-14,16,18,24H,9-11H2,1-3H3,(H,26,27);4-10,16H,1-3H3;6,8-9H,3-5H2,1-2H3;6,8-9H,3-5H2,1-2H3,(H,12,13);7-8,10H,2-6H2,1H3;5-7,9H,2-4H2,1H3,(H,10,11). The highest BCUT2D eigenvalue weighted by molar-refractivity contribution is 7.18. The number of benzene rings is 3. The first-order valence-corrected chi connectivity index (χ1v) is 48.1. The number of halogens is 1. The van der Waals surface area contributed by atoms with Crippen molar-refractivity contribution in [2.45, 2.75) is 281 Å². The van der Waals surface area contributed by atoms with Crippen molar-refractivity contribution in [1.82, 2.24) is 0 Å². The smallest absolute Gasteiger partial charge is 0.350 e. The highest BCUT2D eigenvalue weighted by Gasteiger charge is 2.44. The number of aliphatic hydroxyl groups is 3.